The number of rotatable bonds is 5. The zero-order valence-electron chi connectivity index (χ0n) is 8.88. The van der Waals surface area contributed by atoms with Crippen LogP contribution in [0.5, 0.6) is 0 Å². The van der Waals surface area contributed by atoms with E-state index in [1.165, 1.54) is 12.8 Å². The molecule has 0 aliphatic heterocycles. The summed E-state index contributed by atoms with van der Waals surface area (Å²) in [6.45, 7) is 3.78. The van der Waals surface area contributed by atoms with Gasteiger partial charge in [0.25, 0.3) is 0 Å². The Hall–Kier alpha value is -0.610. The molecule has 1 amide bonds. The molecule has 0 aromatic rings. The van der Waals surface area contributed by atoms with Gasteiger partial charge in [0.1, 0.15) is 0 Å². The number of amides is 1. The summed E-state index contributed by atoms with van der Waals surface area (Å²) >= 11 is 0. The monoisotopic (exact) mass is 199 g/mol. The van der Waals surface area contributed by atoms with Gasteiger partial charge < -0.3 is 16.4 Å². The molecule has 4 heteroatoms. The van der Waals surface area contributed by atoms with Crippen LogP contribution in [0.2, 0.25) is 0 Å². The summed E-state index contributed by atoms with van der Waals surface area (Å²) < 4.78 is 0. The molecule has 1 rings (SSSR count). The van der Waals surface area contributed by atoms with Gasteiger partial charge in [0, 0.05) is 12.6 Å². The Labute approximate surface area is 85.6 Å². The van der Waals surface area contributed by atoms with Gasteiger partial charge in [-0.2, -0.15) is 0 Å². The maximum Gasteiger partial charge on any atom is 0.233 e. The second-order valence-electron chi connectivity index (χ2n) is 3.87. The molecule has 0 spiro atoms. The number of hydrogen-bond donors (Lipinski definition) is 3. The number of nitrogens with two attached hydrogens (primary N) is 1. The predicted octanol–water partition coefficient (Wildman–Crippen LogP) is -0.160. The van der Waals surface area contributed by atoms with Crippen LogP contribution in [0.3, 0.4) is 0 Å². The van der Waals surface area contributed by atoms with Crippen molar-refractivity contribution in [1.29, 1.82) is 0 Å². The molecular weight excluding hydrogens is 178 g/mol. The first-order chi connectivity index (χ1) is 6.77. The molecule has 0 heterocycles. The molecule has 4 N–H and O–H groups in total. The van der Waals surface area contributed by atoms with E-state index in [9.17, 15) is 4.79 Å². The lowest BCUT2D eigenvalue weighted by Crippen LogP contribution is -2.42. The minimum atomic E-state index is 0.0789. The van der Waals surface area contributed by atoms with Gasteiger partial charge >= 0.3 is 0 Å². The van der Waals surface area contributed by atoms with Gasteiger partial charge in [-0.1, -0.05) is 6.42 Å². The van der Waals surface area contributed by atoms with Crippen molar-refractivity contribution < 1.29 is 4.79 Å². The molecule has 82 valence electrons. The fourth-order valence-corrected chi connectivity index (χ4v) is 2.07. The minimum Gasteiger partial charge on any atom is -0.355 e. The largest absolute Gasteiger partial charge is 0.355 e. The maximum absolute atomic E-state index is 11.2. The van der Waals surface area contributed by atoms with Crippen LogP contribution in [0.25, 0.3) is 0 Å². The molecule has 2 unspecified atom stereocenters. The van der Waals surface area contributed by atoms with Crippen LogP contribution in [0.1, 0.15) is 26.2 Å². The molecule has 0 radical (unpaired) electrons. The van der Waals surface area contributed by atoms with Crippen molar-refractivity contribution in [2.45, 2.75) is 32.2 Å². The normalized spacial score (nSPS) is 26.4. The second-order valence-corrected chi connectivity index (χ2v) is 3.87. The fourth-order valence-electron chi connectivity index (χ4n) is 2.07. The molecule has 2 atom stereocenters. The molecule has 1 aliphatic carbocycles. The number of likely N-dealkylation sites (N-methyl/N-ethyl adjacent to an activating group) is 1. The quantitative estimate of drug-likeness (QED) is 0.576. The molecule has 0 saturated heterocycles. The molecule has 1 fully saturated rings. The van der Waals surface area contributed by atoms with E-state index in [1.807, 2.05) is 6.92 Å². The van der Waals surface area contributed by atoms with Crippen molar-refractivity contribution in [2.24, 2.45) is 11.7 Å². The van der Waals surface area contributed by atoms with Gasteiger partial charge in [0.05, 0.1) is 6.54 Å². The number of carbonyl (C=O) groups excluding carboxylic acids is 1. The number of nitrogens with one attached hydrogen (secondary N) is 2. The first-order valence-corrected chi connectivity index (χ1v) is 5.48. The van der Waals surface area contributed by atoms with Gasteiger partial charge in [-0.15, -0.1) is 0 Å². The zero-order chi connectivity index (χ0) is 10.4. The topological polar surface area (TPSA) is 67.2 Å². The van der Waals surface area contributed by atoms with E-state index in [-0.39, 0.29) is 5.91 Å². The zero-order valence-corrected chi connectivity index (χ0v) is 8.88. The average Bonchev–Trinajstić information content (AvgIpc) is 2.62. The first-order valence-electron chi connectivity index (χ1n) is 5.48. The average molecular weight is 199 g/mol. The molecule has 0 aromatic heterocycles. The Balaban J connectivity index is 2.20. The number of carbonyl (C=O) groups is 1. The van der Waals surface area contributed by atoms with Crippen LogP contribution in [-0.2, 0) is 4.79 Å². The molecule has 1 aliphatic rings. The lowest BCUT2D eigenvalue weighted by molar-refractivity contribution is -0.120. The Kier molecular flexibility index (Phi) is 4.90. The lowest BCUT2D eigenvalue weighted by atomic mass is 10.0. The molecule has 4 nitrogen and oxygen atoms in total. The Morgan fingerprint density at radius 2 is 2.29 bits per heavy atom. The van der Waals surface area contributed by atoms with Gasteiger partial charge in [0.2, 0.25) is 5.91 Å². The predicted molar refractivity (Wildman–Crippen MR) is 56.9 cm³/mol. The Bertz CT molecular complexity index is 184. The van der Waals surface area contributed by atoms with Gasteiger partial charge in [-0.25, -0.2) is 0 Å². The highest BCUT2D eigenvalue weighted by molar-refractivity contribution is 5.77. The third kappa shape index (κ3) is 3.27. The van der Waals surface area contributed by atoms with Crippen molar-refractivity contribution in [3.8, 4) is 0 Å². The fraction of sp³-hybridized carbons (Fsp3) is 0.900. The first kappa shape index (κ1) is 11.5. The van der Waals surface area contributed by atoms with E-state index in [0.29, 0.717) is 25.0 Å². The summed E-state index contributed by atoms with van der Waals surface area (Å²) in [4.78, 5) is 11.2. The van der Waals surface area contributed by atoms with Crippen LogP contribution < -0.4 is 16.4 Å². The highest BCUT2D eigenvalue weighted by Gasteiger charge is 2.25. The van der Waals surface area contributed by atoms with Crippen LogP contribution >= 0.6 is 0 Å². The van der Waals surface area contributed by atoms with E-state index < -0.39 is 0 Å². The number of hydrogen-bond acceptors (Lipinski definition) is 3. The summed E-state index contributed by atoms with van der Waals surface area (Å²) in [6, 6.07) is 0.447. The van der Waals surface area contributed by atoms with E-state index in [0.717, 1.165) is 13.0 Å². The van der Waals surface area contributed by atoms with Crippen molar-refractivity contribution in [1.82, 2.24) is 10.6 Å². The molecule has 0 aromatic carbocycles. The third-order valence-electron chi connectivity index (χ3n) is 2.86. The summed E-state index contributed by atoms with van der Waals surface area (Å²) in [5.74, 6) is 0.639. The standard InChI is InChI=1S/C10H21N3O/c1-2-12-10(14)7-13-9-5-3-4-8(9)6-11/h8-9,13H,2-7,11H2,1H3,(H,12,14). The summed E-state index contributed by atoms with van der Waals surface area (Å²) in [5.41, 5.74) is 5.65. The summed E-state index contributed by atoms with van der Waals surface area (Å²) in [5, 5.41) is 6.04. The van der Waals surface area contributed by atoms with Crippen LogP contribution in [0.15, 0.2) is 0 Å². The smallest absolute Gasteiger partial charge is 0.233 e. The van der Waals surface area contributed by atoms with Crippen molar-refractivity contribution in [3.05, 3.63) is 0 Å². The van der Waals surface area contributed by atoms with Crippen molar-refractivity contribution in [3.63, 3.8) is 0 Å². The highest BCUT2D eigenvalue weighted by Crippen LogP contribution is 2.24. The van der Waals surface area contributed by atoms with Crippen molar-refractivity contribution >= 4 is 5.91 Å². The van der Waals surface area contributed by atoms with Gasteiger partial charge in [-0.05, 0) is 32.2 Å². The molecule has 14 heavy (non-hydrogen) atoms. The minimum absolute atomic E-state index is 0.0789. The molecule has 0 bridgehead atoms. The summed E-state index contributed by atoms with van der Waals surface area (Å²) in [6.07, 6.45) is 3.58. The van der Waals surface area contributed by atoms with E-state index >= 15 is 0 Å². The Morgan fingerprint density at radius 1 is 1.50 bits per heavy atom. The van der Waals surface area contributed by atoms with Gasteiger partial charge in [0.15, 0.2) is 0 Å². The lowest BCUT2D eigenvalue weighted by Gasteiger charge is -2.18. The van der Waals surface area contributed by atoms with E-state index in [2.05, 4.69) is 10.6 Å². The second kappa shape index (κ2) is 5.98. The van der Waals surface area contributed by atoms with Crippen LogP contribution in [0, 0.1) is 5.92 Å². The highest BCUT2D eigenvalue weighted by atomic mass is 16.1. The third-order valence-corrected chi connectivity index (χ3v) is 2.86. The Morgan fingerprint density at radius 3 is 2.93 bits per heavy atom. The van der Waals surface area contributed by atoms with Crippen LogP contribution in [0.4, 0.5) is 0 Å². The van der Waals surface area contributed by atoms with Gasteiger partial charge in [-0.3, -0.25) is 4.79 Å². The SMILES string of the molecule is CCNC(=O)CNC1CCCC1CN. The molecule has 1 saturated carbocycles. The van der Waals surface area contributed by atoms with Crippen molar-refractivity contribution in [2.75, 3.05) is 19.6 Å². The molecular formula is C10H21N3O. The van der Waals surface area contributed by atoms with Crippen LogP contribution in [-0.4, -0.2) is 31.6 Å². The van der Waals surface area contributed by atoms with E-state index in [1.54, 1.807) is 0 Å². The summed E-state index contributed by atoms with van der Waals surface area (Å²) in [7, 11) is 0. The van der Waals surface area contributed by atoms with E-state index in [4.69, 9.17) is 5.73 Å². The maximum atomic E-state index is 11.2.